The van der Waals surface area contributed by atoms with E-state index in [0.717, 1.165) is 0 Å². The molecule has 0 radical (unpaired) electrons. The molecule has 0 atom stereocenters. The lowest BCUT2D eigenvalue weighted by molar-refractivity contribution is -0.123. The van der Waals surface area contributed by atoms with Crippen molar-refractivity contribution >= 4 is 23.7 Å². The molecule has 22 heavy (non-hydrogen) atoms. The number of nitrogens with zero attached hydrogens (tertiary/aromatic N) is 1. The molecular weight excluding hydrogens is 308 g/mol. The highest BCUT2D eigenvalue weighted by Crippen LogP contribution is 2.23. The average molecular weight is 321 g/mol. The van der Waals surface area contributed by atoms with E-state index in [4.69, 9.17) is 21.4 Å². The fourth-order valence-electron chi connectivity index (χ4n) is 1.54. The third-order valence-electron chi connectivity index (χ3n) is 2.57. The van der Waals surface area contributed by atoms with E-state index in [1.54, 1.807) is 24.3 Å². The third kappa shape index (κ3) is 4.68. The van der Waals surface area contributed by atoms with Crippen molar-refractivity contribution in [2.75, 3.05) is 6.61 Å². The van der Waals surface area contributed by atoms with E-state index in [0.29, 0.717) is 16.3 Å². The van der Waals surface area contributed by atoms with Crippen molar-refractivity contribution in [1.82, 2.24) is 5.43 Å². The predicted octanol–water partition coefficient (Wildman–Crippen LogP) is 2.28. The van der Waals surface area contributed by atoms with E-state index < -0.39 is 5.91 Å². The summed E-state index contributed by atoms with van der Waals surface area (Å²) in [6.45, 7) is -0.210. The third-order valence-corrected chi connectivity index (χ3v) is 2.80. The highest BCUT2D eigenvalue weighted by atomic mass is 35.5. The van der Waals surface area contributed by atoms with Gasteiger partial charge in [0.05, 0.1) is 6.21 Å². The fourth-order valence-corrected chi connectivity index (χ4v) is 1.72. The van der Waals surface area contributed by atoms with Crippen LogP contribution in [0.1, 0.15) is 5.56 Å². The van der Waals surface area contributed by atoms with Gasteiger partial charge in [0.1, 0.15) is 5.75 Å². The van der Waals surface area contributed by atoms with Crippen LogP contribution in [0.5, 0.6) is 17.2 Å². The molecule has 1 amide bonds. The van der Waals surface area contributed by atoms with Crippen molar-refractivity contribution in [1.29, 1.82) is 0 Å². The average Bonchev–Trinajstić information content (AvgIpc) is 2.49. The zero-order chi connectivity index (χ0) is 15.9. The summed E-state index contributed by atoms with van der Waals surface area (Å²) in [6, 6.07) is 10.9. The first-order valence-corrected chi connectivity index (χ1v) is 6.64. The normalized spacial score (nSPS) is 10.6. The van der Waals surface area contributed by atoms with Gasteiger partial charge in [-0.15, -0.1) is 0 Å². The summed E-state index contributed by atoms with van der Waals surface area (Å²) < 4.78 is 5.24. The molecule has 7 heteroatoms. The number of ether oxygens (including phenoxy) is 1. The minimum absolute atomic E-state index is 0.210. The fraction of sp³-hybridized carbons (Fsp3) is 0.0667. The smallest absolute Gasteiger partial charge is 0.277 e. The number of phenolic OH excluding ortho intramolecular Hbond substituents is 2. The second-order valence-electron chi connectivity index (χ2n) is 4.29. The molecular formula is C15H13ClN2O4. The Morgan fingerprint density at radius 2 is 2.05 bits per heavy atom. The molecule has 0 bridgehead atoms. The molecule has 114 valence electrons. The maximum atomic E-state index is 11.5. The minimum atomic E-state index is -0.445. The standard InChI is InChI=1S/C15H13ClN2O4/c16-11-2-1-3-12(7-11)22-9-15(21)18-17-8-10-4-5-13(19)14(20)6-10/h1-8,19-20H,9H2,(H,18,21)/b17-8+. The van der Waals surface area contributed by atoms with Crippen LogP contribution < -0.4 is 10.2 Å². The Kier molecular flexibility index (Phi) is 5.21. The van der Waals surface area contributed by atoms with E-state index in [-0.39, 0.29) is 18.1 Å². The molecule has 3 N–H and O–H groups in total. The second kappa shape index (κ2) is 7.33. The number of carbonyl (C=O) groups excluding carboxylic acids is 1. The van der Waals surface area contributed by atoms with Gasteiger partial charge < -0.3 is 14.9 Å². The topological polar surface area (TPSA) is 91.2 Å². The molecule has 0 aromatic heterocycles. The monoisotopic (exact) mass is 320 g/mol. The van der Waals surface area contributed by atoms with Crippen LogP contribution in [-0.4, -0.2) is 28.9 Å². The van der Waals surface area contributed by atoms with Gasteiger partial charge in [-0.05, 0) is 42.0 Å². The van der Waals surface area contributed by atoms with E-state index in [1.165, 1.54) is 24.4 Å². The van der Waals surface area contributed by atoms with Crippen molar-refractivity contribution in [2.45, 2.75) is 0 Å². The van der Waals surface area contributed by atoms with E-state index in [9.17, 15) is 9.90 Å². The van der Waals surface area contributed by atoms with Gasteiger partial charge in [0.25, 0.3) is 5.91 Å². The van der Waals surface area contributed by atoms with Crippen LogP contribution in [0.2, 0.25) is 5.02 Å². The van der Waals surface area contributed by atoms with Crippen LogP contribution in [0.4, 0.5) is 0 Å². The van der Waals surface area contributed by atoms with Crippen molar-refractivity contribution < 1.29 is 19.7 Å². The number of hydrogen-bond acceptors (Lipinski definition) is 5. The van der Waals surface area contributed by atoms with Crippen LogP contribution in [0.3, 0.4) is 0 Å². The molecule has 2 aromatic rings. The molecule has 0 unspecified atom stereocenters. The lowest BCUT2D eigenvalue weighted by Crippen LogP contribution is -2.24. The summed E-state index contributed by atoms with van der Waals surface area (Å²) in [5.41, 5.74) is 2.80. The molecule has 0 fully saturated rings. The lowest BCUT2D eigenvalue weighted by Gasteiger charge is -2.05. The molecule has 0 saturated carbocycles. The molecule has 0 saturated heterocycles. The number of carbonyl (C=O) groups is 1. The summed E-state index contributed by atoms with van der Waals surface area (Å²) in [5.74, 6) is -0.454. The minimum Gasteiger partial charge on any atom is -0.504 e. The zero-order valence-corrected chi connectivity index (χ0v) is 12.1. The Balaban J connectivity index is 1.82. The highest BCUT2D eigenvalue weighted by molar-refractivity contribution is 6.30. The number of hydrogen-bond donors (Lipinski definition) is 3. The molecule has 2 rings (SSSR count). The van der Waals surface area contributed by atoms with Crippen LogP contribution in [0.15, 0.2) is 47.6 Å². The van der Waals surface area contributed by atoms with Crippen molar-refractivity contribution in [2.24, 2.45) is 5.10 Å². The number of aromatic hydroxyl groups is 2. The molecule has 0 spiro atoms. The van der Waals surface area contributed by atoms with Crippen molar-refractivity contribution in [3.8, 4) is 17.2 Å². The second-order valence-corrected chi connectivity index (χ2v) is 4.72. The summed E-state index contributed by atoms with van der Waals surface area (Å²) >= 11 is 5.79. The molecule has 0 aliphatic rings. The van der Waals surface area contributed by atoms with Gasteiger partial charge in [-0.3, -0.25) is 4.79 Å². The Hall–Kier alpha value is -2.73. The maximum Gasteiger partial charge on any atom is 0.277 e. The number of hydrazone groups is 1. The number of amides is 1. The Bertz CT molecular complexity index is 704. The SMILES string of the molecule is O=C(COc1cccc(Cl)c1)N/N=C/c1ccc(O)c(O)c1. The molecule has 0 aliphatic heterocycles. The molecule has 0 heterocycles. The zero-order valence-electron chi connectivity index (χ0n) is 11.4. The number of benzene rings is 2. The number of phenols is 2. The number of nitrogens with one attached hydrogen (secondary N) is 1. The summed E-state index contributed by atoms with van der Waals surface area (Å²) in [5, 5.41) is 22.7. The van der Waals surface area contributed by atoms with Crippen LogP contribution in [0.25, 0.3) is 0 Å². The Labute approximate surface area is 131 Å². The van der Waals surface area contributed by atoms with E-state index >= 15 is 0 Å². The number of halogens is 1. The molecule has 6 nitrogen and oxygen atoms in total. The number of rotatable bonds is 5. The van der Waals surface area contributed by atoms with Gasteiger partial charge in [0, 0.05) is 5.02 Å². The van der Waals surface area contributed by atoms with Gasteiger partial charge >= 0.3 is 0 Å². The van der Waals surface area contributed by atoms with Gasteiger partial charge in [-0.25, -0.2) is 5.43 Å². The van der Waals surface area contributed by atoms with Crippen LogP contribution >= 0.6 is 11.6 Å². The Morgan fingerprint density at radius 3 is 2.77 bits per heavy atom. The summed E-state index contributed by atoms with van der Waals surface area (Å²) in [6.07, 6.45) is 1.33. The van der Waals surface area contributed by atoms with Gasteiger partial charge in [-0.2, -0.15) is 5.10 Å². The van der Waals surface area contributed by atoms with Gasteiger partial charge in [0.15, 0.2) is 18.1 Å². The predicted molar refractivity (Wildman–Crippen MR) is 82.5 cm³/mol. The maximum absolute atomic E-state index is 11.5. The van der Waals surface area contributed by atoms with Crippen LogP contribution in [-0.2, 0) is 4.79 Å². The van der Waals surface area contributed by atoms with Crippen molar-refractivity contribution in [3.05, 3.63) is 53.1 Å². The molecule has 2 aromatic carbocycles. The first-order valence-electron chi connectivity index (χ1n) is 6.27. The van der Waals surface area contributed by atoms with Crippen molar-refractivity contribution in [3.63, 3.8) is 0 Å². The largest absolute Gasteiger partial charge is 0.504 e. The Morgan fingerprint density at radius 1 is 1.23 bits per heavy atom. The van der Waals surface area contributed by atoms with Gasteiger partial charge in [0.2, 0.25) is 0 Å². The van der Waals surface area contributed by atoms with Gasteiger partial charge in [-0.1, -0.05) is 17.7 Å². The first-order chi connectivity index (χ1) is 10.5. The highest BCUT2D eigenvalue weighted by Gasteiger charge is 2.02. The first kappa shape index (κ1) is 15.7. The van der Waals surface area contributed by atoms with E-state index in [2.05, 4.69) is 10.5 Å². The quantitative estimate of drug-likeness (QED) is 0.448. The lowest BCUT2D eigenvalue weighted by atomic mass is 10.2. The van der Waals surface area contributed by atoms with E-state index in [1.807, 2.05) is 0 Å². The molecule has 0 aliphatic carbocycles. The summed E-state index contributed by atoms with van der Waals surface area (Å²) in [4.78, 5) is 11.5. The summed E-state index contributed by atoms with van der Waals surface area (Å²) in [7, 11) is 0. The van der Waals surface area contributed by atoms with Crippen LogP contribution in [0, 0.1) is 0 Å².